The molecular formula is C12H21BNOS. The third-order valence-corrected chi connectivity index (χ3v) is 4.27. The number of ether oxygens (including phenoxy) is 1. The summed E-state index contributed by atoms with van der Waals surface area (Å²) in [6.07, 6.45) is 5.22. The quantitative estimate of drug-likeness (QED) is 0.475. The van der Waals surface area contributed by atoms with E-state index in [4.69, 9.17) is 17.0 Å². The van der Waals surface area contributed by atoms with E-state index >= 15 is 0 Å². The Morgan fingerprint density at radius 2 is 2.06 bits per heavy atom. The van der Waals surface area contributed by atoms with Crippen molar-refractivity contribution in [2.75, 3.05) is 7.05 Å². The van der Waals surface area contributed by atoms with Gasteiger partial charge in [0.05, 0.1) is 6.04 Å². The minimum atomic E-state index is 0.314. The minimum absolute atomic E-state index is 0.314. The fourth-order valence-corrected chi connectivity index (χ4v) is 3.27. The molecule has 2 nitrogen and oxygen atoms in total. The van der Waals surface area contributed by atoms with Crippen molar-refractivity contribution in [3.63, 3.8) is 0 Å². The van der Waals surface area contributed by atoms with Crippen molar-refractivity contribution in [2.45, 2.75) is 63.3 Å². The van der Waals surface area contributed by atoms with Crippen LogP contribution in [0.15, 0.2) is 0 Å². The fourth-order valence-electron chi connectivity index (χ4n) is 3.01. The van der Waals surface area contributed by atoms with Crippen molar-refractivity contribution in [1.29, 1.82) is 0 Å². The lowest BCUT2D eigenvalue weighted by molar-refractivity contribution is 0.174. The van der Waals surface area contributed by atoms with E-state index in [9.17, 15) is 0 Å². The second-order valence-electron chi connectivity index (χ2n) is 5.41. The number of rotatable bonds is 0. The summed E-state index contributed by atoms with van der Waals surface area (Å²) in [4.78, 5) is 2.16. The Balaban J connectivity index is 2.07. The SMILES string of the molecule is CC1[B]C(C)CC2OC(=S)N(C)C2CCC1. The maximum atomic E-state index is 5.81. The van der Waals surface area contributed by atoms with Crippen LogP contribution >= 0.6 is 12.2 Å². The van der Waals surface area contributed by atoms with Crippen LogP contribution < -0.4 is 0 Å². The molecule has 1 radical (unpaired) electrons. The van der Waals surface area contributed by atoms with Crippen LogP contribution in [0.25, 0.3) is 0 Å². The van der Waals surface area contributed by atoms with Crippen LogP contribution in [0.3, 0.4) is 0 Å². The van der Waals surface area contributed by atoms with Crippen LogP contribution in [0.2, 0.25) is 11.6 Å². The Morgan fingerprint density at radius 1 is 1.31 bits per heavy atom. The molecular weight excluding hydrogens is 217 g/mol. The predicted octanol–water partition coefficient (Wildman–Crippen LogP) is 2.87. The van der Waals surface area contributed by atoms with Gasteiger partial charge in [0.2, 0.25) is 0 Å². The Kier molecular flexibility index (Phi) is 3.78. The van der Waals surface area contributed by atoms with Crippen molar-refractivity contribution in [3.05, 3.63) is 0 Å². The molecule has 0 aromatic carbocycles. The third-order valence-electron chi connectivity index (χ3n) is 3.89. The maximum absolute atomic E-state index is 5.81. The van der Waals surface area contributed by atoms with Gasteiger partial charge in [0.1, 0.15) is 13.4 Å². The van der Waals surface area contributed by atoms with Crippen LogP contribution in [0.5, 0.6) is 0 Å². The first-order valence-electron chi connectivity index (χ1n) is 6.36. The van der Waals surface area contributed by atoms with Gasteiger partial charge in [-0.05, 0) is 25.1 Å². The Hall–Kier alpha value is -0.245. The highest BCUT2D eigenvalue weighted by Crippen LogP contribution is 2.33. The topological polar surface area (TPSA) is 12.5 Å². The van der Waals surface area contributed by atoms with Gasteiger partial charge >= 0.3 is 0 Å². The molecule has 0 saturated carbocycles. The molecule has 2 aliphatic rings. The highest BCUT2D eigenvalue weighted by molar-refractivity contribution is 7.80. The van der Waals surface area contributed by atoms with E-state index in [0.29, 0.717) is 23.1 Å². The fraction of sp³-hybridized carbons (Fsp3) is 0.917. The summed E-state index contributed by atoms with van der Waals surface area (Å²) in [5.74, 6) is 1.38. The largest absolute Gasteiger partial charge is 0.465 e. The standard InChI is InChI=1S/C12H21BNOS/c1-8-5-4-6-10-11(7-9(2)13-8)15-12(16)14(10)3/h8-11H,4-7H2,1-3H3. The molecule has 0 aromatic rings. The number of hydrogen-bond acceptors (Lipinski definition) is 2. The molecule has 4 atom stereocenters. The van der Waals surface area contributed by atoms with Gasteiger partial charge in [0, 0.05) is 7.05 Å². The summed E-state index contributed by atoms with van der Waals surface area (Å²) >= 11 is 5.23. The van der Waals surface area contributed by atoms with Crippen molar-refractivity contribution in [2.24, 2.45) is 0 Å². The lowest BCUT2D eigenvalue weighted by Gasteiger charge is -2.22. The van der Waals surface area contributed by atoms with Gasteiger partial charge in [-0.3, -0.25) is 0 Å². The van der Waals surface area contributed by atoms with Crippen LogP contribution in [-0.2, 0) is 4.74 Å². The second kappa shape index (κ2) is 4.95. The molecule has 0 bridgehead atoms. The molecule has 0 aromatic heterocycles. The third kappa shape index (κ3) is 2.53. The van der Waals surface area contributed by atoms with E-state index in [1.165, 1.54) is 19.3 Å². The van der Waals surface area contributed by atoms with Crippen LogP contribution in [0.1, 0.15) is 39.5 Å². The molecule has 0 aliphatic carbocycles. The van der Waals surface area contributed by atoms with Crippen molar-refractivity contribution in [1.82, 2.24) is 4.90 Å². The lowest BCUT2D eigenvalue weighted by Crippen LogP contribution is -2.33. The first-order valence-corrected chi connectivity index (χ1v) is 6.77. The van der Waals surface area contributed by atoms with Gasteiger partial charge in [-0.15, -0.1) is 0 Å². The zero-order valence-corrected chi connectivity index (χ0v) is 11.3. The highest BCUT2D eigenvalue weighted by atomic mass is 32.1. The summed E-state index contributed by atoms with van der Waals surface area (Å²) < 4.78 is 5.81. The molecule has 0 amide bonds. The van der Waals surface area contributed by atoms with Crippen molar-refractivity contribution in [3.8, 4) is 0 Å². The molecule has 2 fully saturated rings. The Morgan fingerprint density at radius 3 is 2.81 bits per heavy atom. The smallest absolute Gasteiger partial charge is 0.259 e. The molecule has 2 aliphatic heterocycles. The van der Waals surface area contributed by atoms with Crippen LogP contribution in [0.4, 0.5) is 0 Å². The number of nitrogens with zero attached hydrogens (tertiary/aromatic N) is 1. The van der Waals surface area contributed by atoms with Crippen LogP contribution in [-0.4, -0.2) is 36.5 Å². The summed E-state index contributed by atoms with van der Waals surface area (Å²) in [5, 5.41) is 0.691. The normalized spacial score (nSPS) is 40.2. The van der Waals surface area contributed by atoms with E-state index in [0.717, 1.165) is 12.2 Å². The molecule has 2 heterocycles. The zero-order valence-electron chi connectivity index (χ0n) is 10.5. The number of thiocarbonyl (C=S) groups is 1. The first kappa shape index (κ1) is 12.2. The second-order valence-corrected chi connectivity index (χ2v) is 5.76. The van der Waals surface area contributed by atoms with Crippen molar-refractivity contribution >= 4 is 24.7 Å². The molecule has 16 heavy (non-hydrogen) atoms. The summed E-state index contributed by atoms with van der Waals surface area (Å²) in [6, 6.07) is 0.508. The minimum Gasteiger partial charge on any atom is -0.465 e. The molecule has 89 valence electrons. The van der Waals surface area contributed by atoms with E-state index in [1.54, 1.807) is 0 Å². The average molecular weight is 238 g/mol. The van der Waals surface area contributed by atoms with Gasteiger partial charge in [-0.2, -0.15) is 0 Å². The van der Waals surface area contributed by atoms with Crippen molar-refractivity contribution < 1.29 is 4.74 Å². The molecule has 2 saturated heterocycles. The number of fused-ring (bicyclic) bond motifs is 1. The van der Waals surface area contributed by atoms with E-state index in [1.807, 2.05) is 0 Å². The van der Waals surface area contributed by atoms with E-state index in [-0.39, 0.29) is 0 Å². The van der Waals surface area contributed by atoms with E-state index in [2.05, 4.69) is 33.1 Å². The maximum Gasteiger partial charge on any atom is 0.259 e. The molecule has 2 rings (SSSR count). The zero-order chi connectivity index (χ0) is 11.7. The van der Waals surface area contributed by atoms with Gasteiger partial charge in [0.25, 0.3) is 5.17 Å². The Labute approximate surface area is 105 Å². The predicted molar refractivity (Wildman–Crippen MR) is 72.1 cm³/mol. The number of likely N-dealkylation sites (N-methyl/N-ethyl adjacent to an activating group) is 1. The molecule has 4 unspecified atom stereocenters. The number of hydrogen-bond donors (Lipinski definition) is 0. The lowest BCUT2D eigenvalue weighted by atomic mass is 9.54. The van der Waals surface area contributed by atoms with E-state index < -0.39 is 0 Å². The molecule has 0 N–H and O–H groups in total. The monoisotopic (exact) mass is 238 g/mol. The molecule has 4 heteroatoms. The summed E-state index contributed by atoms with van der Waals surface area (Å²) in [5.41, 5.74) is 0. The highest BCUT2D eigenvalue weighted by Gasteiger charge is 2.38. The van der Waals surface area contributed by atoms with Gasteiger partial charge in [-0.1, -0.05) is 38.3 Å². The average Bonchev–Trinajstić information content (AvgIpc) is 2.47. The summed E-state index contributed by atoms with van der Waals surface area (Å²) in [6.45, 7) is 4.62. The Bertz CT molecular complexity index is 274. The van der Waals surface area contributed by atoms with Gasteiger partial charge in [-0.25, -0.2) is 0 Å². The van der Waals surface area contributed by atoms with Crippen LogP contribution in [0, 0.1) is 0 Å². The summed E-state index contributed by atoms with van der Waals surface area (Å²) in [7, 11) is 4.55. The first-order chi connectivity index (χ1) is 7.58. The van der Waals surface area contributed by atoms with Gasteiger partial charge < -0.3 is 9.64 Å². The van der Waals surface area contributed by atoms with Gasteiger partial charge in [0.15, 0.2) is 0 Å². The molecule has 0 spiro atoms.